The predicted octanol–water partition coefficient (Wildman–Crippen LogP) is 3.75. The number of hydrogen-bond acceptors (Lipinski definition) is 1. The molecule has 18 heavy (non-hydrogen) atoms. The summed E-state index contributed by atoms with van der Waals surface area (Å²) in [7, 11) is 0. The van der Waals surface area contributed by atoms with Crippen LogP contribution in [0.1, 0.15) is 44.1 Å². The first-order chi connectivity index (χ1) is 8.72. The van der Waals surface area contributed by atoms with Gasteiger partial charge in [-0.15, -0.1) is 0 Å². The molecule has 3 heteroatoms. The van der Waals surface area contributed by atoms with Crippen LogP contribution in [-0.2, 0) is 4.79 Å². The maximum atomic E-state index is 12.2. The second kappa shape index (κ2) is 6.24. The molecule has 0 saturated heterocycles. The van der Waals surface area contributed by atoms with Crippen LogP contribution in [0, 0.1) is 5.92 Å². The smallest absolute Gasteiger partial charge is 0.227 e. The van der Waals surface area contributed by atoms with Gasteiger partial charge in [-0.2, -0.15) is 0 Å². The van der Waals surface area contributed by atoms with E-state index in [0.717, 1.165) is 42.8 Å². The van der Waals surface area contributed by atoms with E-state index in [9.17, 15) is 4.79 Å². The summed E-state index contributed by atoms with van der Waals surface area (Å²) in [6.07, 6.45) is 4.47. The van der Waals surface area contributed by atoms with E-state index in [4.69, 9.17) is 11.6 Å². The Labute approximate surface area is 114 Å². The van der Waals surface area contributed by atoms with Crippen LogP contribution in [0.2, 0.25) is 5.02 Å². The van der Waals surface area contributed by atoms with Crippen LogP contribution in [-0.4, -0.2) is 12.5 Å². The summed E-state index contributed by atoms with van der Waals surface area (Å²) in [4.78, 5) is 12.2. The van der Waals surface area contributed by atoms with E-state index in [-0.39, 0.29) is 11.8 Å². The minimum Gasteiger partial charge on any atom is -0.356 e. The SMILES string of the molecule is CCCCNC(=O)C(c1ccc(Cl)cc1)C1CC1. The standard InChI is InChI=1S/C15H20ClNO/c1-2-3-10-17-15(18)14(11-4-5-11)12-6-8-13(16)9-7-12/h6-9,11,14H,2-5,10H2,1H3,(H,17,18). The molecule has 1 aliphatic rings. The lowest BCUT2D eigenvalue weighted by atomic mass is 9.93. The lowest BCUT2D eigenvalue weighted by Gasteiger charge is -2.16. The van der Waals surface area contributed by atoms with Gasteiger partial charge in [-0.05, 0) is 42.9 Å². The molecule has 2 nitrogen and oxygen atoms in total. The highest BCUT2D eigenvalue weighted by Crippen LogP contribution is 2.42. The third-order valence-electron chi connectivity index (χ3n) is 3.43. The van der Waals surface area contributed by atoms with Gasteiger partial charge in [0.05, 0.1) is 5.92 Å². The lowest BCUT2D eigenvalue weighted by Crippen LogP contribution is -2.31. The number of benzene rings is 1. The van der Waals surface area contributed by atoms with Crippen molar-refractivity contribution in [1.29, 1.82) is 0 Å². The van der Waals surface area contributed by atoms with Gasteiger partial charge in [0.15, 0.2) is 0 Å². The fourth-order valence-electron chi connectivity index (χ4n) is 2.24. The molecule has 1 amide bonds. The largest absolute Gasteiger partial charge is 0.356 e. The first kappa shape index (κ1) is 13.4. The maximum Gasteiger partial charge on any atom is 0.227 e. The highest BCUT2D eigenvalue weighted by Gasteiger charge is 2.36. The molecule has 1 aromatic rings. The number of carbonyl (C=O) groups excluding carboxylic acids is 1. The van der Waals surface area contributed by atoms with Crippen LogP contribution in [0.3, 0.4) is 0 Å². The van der Waals surface area contributed by atoms with Crippen molar-refractivity contribution < 1.29 is 4.79 Å². The van der Waals surface area contributed by atoms with Crippen LogP contribution in [0.15, 0.2) is 24.3 Å². The summed E-state index contributed by atoms with van der Waals surface area (Å²) < 4.78 is 0. The highest BCUT2D eigenvalue weighted by molar-refractivity contribution is 6.30. The van der Waals surface area contributed by atoms with Crippen molar-refractivity contribution in [2.75, 3.05) is 6.54 Å². The van der Waals surface area contributed by atoms with Crippen molar-refractivity contribution in [2.24, 2.45) is 5.92 Å². The fourth-order valence-corrected chi connectivity index (χ4v) is 2.36. The molecular formula is C15H20ClNO. The van der Waals surface area contributed by atoms with Gasteiger partial charge in [0, 0.05) is 11.6 Å². The fraction of sp³-hybridized carbons (Fsp3) is 0.533. The second-order valence-corrected chi connectivity index (χ2v) is 5.45. The van der Waals surface area contributed by atoms with Crippen LogP contribution in [0.25, 0.3) is 0 Å². The quantitative estimate of drug-likeness (QED) is 0.780. The van der Waals surface area contributed by atoms with Gasteiger partial charge >= 0.3 is 0 Å². The molecule has 98 valence electrons. The monoisotopic (exact) mass is 265 g/mol. The van der Waals surface area contributed by atoms with Crippen molar-refractivity contribution in [3.05, 3.63) is 34.9 Å². The van der Waals surface area contributed by atoms with E-state index >= 15 is 0 Å². The van der Waals surface area contributed by atoms with Crippen molar-refractivity contribution in [3.63, 3.8) is 0 Å². The number of unbranched alkanes of at least 4 members (excludes halogenated alkanes) is 1. The van der Waals surface area contributed by atoms with Gasteiger partial charge in [0.2, 0.25) is 5.91 Å². The van der Waals surface area contributed by atoms with Crippen molar-refractivity contribution >= 4 is 17.5 Å². The molecule has 1 unspecified atom stereocenters. The van der Waals surface area contributed by atoms with Gasteiger partial charge in [-0.1, -0.05) is 37.1 Å². The predicted molar refractivity (Wildman–Crippen MR) is 74.8 cm³/mol. The summed E-state index contributed by atoms with van der Waals surface area (Å²) in [5.74, 6) is 0.709. The van der Waals surface area contributed by atoms with Crippen molar-refractivity contribution in [3.8, 4) is 0 Å². The van der Waals surface area contributed by atoms with E-state index in [0.29, 0.717) is 5.92 Å². The molecule has 1 atom stereocenters. The third-order valence-corrected chi connectivity index (χ3v) is 3.69. The Kier molecular flexibility index (Phi) is 4.65. The van der Waals surface area contributed by atoms with Gasteiger partial charge in [-0.25, -0.2) is 0 Å². The zero-order valence-corrected chi connectivity index (χ0v) is 11.5. The van der Waals surface area contributed by atoms with Gasteiger partial charge < -0.3 is 5.32 Å². The third kappa shape index (κ3) is 3.49. The molecule has 0 heterocycles. The minimum absolute atomic E-state index is 0.0131. The number of rotatable bonds is 6. The van der Waals surface area contributed by atoms with E-state index in [1.165, 1.54) is 0 Å². The second-order valence-electron chi connectivity index (χ2n) is 5.01. The van der Waals surface area contributed by atoms with E-state index in [1.807, 2.05) is 24.3 Å². The molecular weight excluding hydrogens is 246 g/mol. The molecule has 1 saturated carbocycles. The van der Waals surface area contributed by atoms with Crippen LogP contribution in [0.4, 0.5) is 0 Å². The Bertz CT molecular complexity index is 397. The molecule has 0 aromatic heterocycles. The van der Waals surface area contributed by atoms with Gasteiger partial charge in [0.1, 0.15) is 0 Å². The van der Waals surface area contributed by atoms with Crippen LogP contribution in [0.5, 0.6) is 0 Å². The minimum atomic E-state index is 0.0131. The molecule has 1 fully saturated rings. The van der Waals surface area contributed by atoms with Crippen LogP contribution < -0.4 is 5.32 Å². The Morgan fingerprint density at radius 1 is 1.39 bits per heavy atom. The van der Waals surface area contributed by atoms with Crippen LogP contribution >= 0.6 is 11.6 Å². The Morgan fingerprint density at radius 2 is 2.06 bits per heavy atom. The normalized spacial score (nSPS) is 16.3. The van der Waals surface area contributed by atoms with Crippen molar-refractivity contribution in [2.45, 2.75) is 38.5 Å². The molecule has 1 aromatic carbocycles. The van der Waals surface area contributed by atoms with Crippen molar-refractivity contribution in [1.82, 2.24) is 5.32 Å². The average molecular weight is 266 g/mol. The van der Waals surface area contributed by atoms with Gasteiger partial charge in [0.25, 0.3) is 0 Å². The molecule has 0 bridgehead atoms. The first-order valence-corrected chi connectivity index (χ1v) is 7.13. The summed E-state index contributed by atoms with van der Waals surface area (Å²) in [6.45, 7) is 2.91. The number of amides is 1. The molecule has 2 rings (SSSR count). The number of carbonyl (C=O) groups is 1. The van der Waals surface area contributed by atoms with E-state index < -0.39 is 0 Å². The average Bonchev–Trinajstić information content (AvgIpc) is 3.17. The zero-order chi connectivity index (χ0) is 13.0. The Balaban J connectivity index is 2.03. The maximum absolute atomic E-state index is 12.2. The van der Waals surface area contributed by atoms with E-state index in [2.05, 4.69) is 12.2 Å². The number of hydrogen-bond donors (Lipinski definition) is 1. The molecule has 0 aliphatic heterocycles. The molecule has 0 radical (unpaired) electrons. The Hall–Kier alpha value is -1.02. The molecule has 1 aliphatic carbocycles. The lowest BCUT2D eigenvalue weighted by molar-refractivity contribution is -0.123. The molecule has 1 N–H and O–H groups in total. The summed E-state index contributed by atoms with van der Waals surface area (Å²) in [5.41, 5.74) is 1.09. The Morgan fingerprint density at radius 3 is 2.61 bits per heavy atom. The summed E-state index contributed by atoms with van der Waals surface area (Å²) in [6, 6.07) is 7.69. The van der Waals surface area contributed by atoms with E-state index in [1.54, 1.807) is 0 Å². The summed E-state index contributed by atoms with van der Waals surface area (Å²) >= 11 is 5.89. The first-order valence-electron chi connectivity index (χ1n) is 6.75. The highest BCUT2D eigenvalue weighted by atomic mass is 35.5. The summed E-state index contributed by atoms with van der Waals surface area (Å²) in [5, 5.41) is 3.77. The van der Waals surface area contributed by atoms with Gasteiger partial charge in [-0.3, -0.25) is 4.79 Å². The number of nitrogens with one attached hydrogen (secondary N) is 1. The topological polar surface area (TPSA) is 29.1 Å². The zero-order valence-electron chi connectivity index (χ0n) is 10.8. The molecule has 0 spiro atoms. The number of halogens is 1.